The monoisotopic (exact) mass is 312 g/mol. The number of carbonyl (C=O) groups is 1. The minimum Gasteiger partial charge on any atom is -0.456 e. The molecule has 1 rings (SSSR count). The molecule has 0 radical (unpaired) electrons. The van der Waals surface area contributed by atoms with Gasteiger partial charge in [-0.25, -0.2) is 18.6 Å². The number of hydrogen-bond acceptors (Lipinski definition) is 3. The van der Waals surface area contributed by atoms with E-state index in [0.717, 1.165) is 17.8 Å². The number of benzene rings is 1. The first-order chi connectivity index (χ1) is 10.1. The summed E-state index contributed by atoms with van der Waals surface area (Å²) >= 11 is 0. The summed E-state index contributed by atoms with van der Waals surface area (Å²) in [6.45, 7) is 6.15. The number of hydrogen-bond donors (Lipinski definition) is 0. The lowest BCUT2D eigenvalue weighted by Crippen LogP contribution is -2.22. The van der Waals surface area contributed by atoms with E-state index in [1.165, 1.54) is 0 Å². The van der Waals surface area contributed by atoms with Crippen LogP contribution in [0.5, 0.6) is 0 Å². The summed E-state index contributed by atoms with van der Waals surface area (Å²) in [4.78, 5) is 18.2. The lowest BCUT2D eigenvalue weighted by molar-refractivity contribution is -0.0467. The van der Waals surface area contributed by atoms with Gasteiger partial charge in [0.1, 0.15) is 0 Å². The minimum absolute atomic E-state index is 0.282. The Kier molecular flexibility index (Phi) is 6.02. The van der Waals surface area contributed by atoms with Crippen LogP contribution in [0, 0.1) is 13.8 Å². The van der Waals surface area contributed by atoms with Gasteiger partial charge < -0.3 is 9.64 Å². The number of esters is 1. The number of carbonyl (C=O) groups excluding carboxylic acids is 1. The molecule has 0 amide bonds. The van der Waals surface area contributed by atoms with E-state index in [2.05, 4.69) is 9.73 Å². The highest BCUT2D eigenvalue weighted by atomic mass is 19.3. The van der Waals surface area contributed by atoms with Crippen LogP contribution in [-0.4, -0.2) is 43.3 Å². The highest BCUT2D eigenvalue weighted by Crippen LogP contribution is 2.24. The molecule has 0 spiro atoms. The minimum atomic E-state index is -3.03. The summed E-state index contributed by atoms with van der Waals surface area (Å²) in [7, 11) is 1.91. The van der Waals surface area contributed by atoms with E-state index in [1.54, 1.807) is 25.4 Å². The van der Waals surface area contributed by atoms with Gasteiger partial charge in [0.15, 0.2) is 6.61 Å². The first kappa shape index (κ1) is 18.1. The molecular weight excluding hydrogens is 290 g/mol. The zero-order chi connectivity index (χ0) is 16.9. The molecule has 0 heterocycles. The normalized spacial score (nSPS) is 11.8. The van der Waals surface area contributed by atoms with E-state index in [-0.39, 0.29) is 5.56 Å². The summed E-state index contributed by atoms with van der Waals surface area (Å²) in [6.07, 6.45) is 1.71. The third kappa shape index (κ3) is 5.42. The Labute approximate surface area is 129 Å². The van der Waals surface area contributed by atoms with Crippen molar-refractivity contribution < 1.29 is 18.3 Å². The third-order valence-electron chi connectivity index (χ3n) is 3.11. The van der Waals surface area contributed by atoms with E-state index in [9.17, 15) is 13.6 Å². The number of alkyl halides is 2. The van der Waals surface area contributed by atoms with E-state index in [1.807, 2.05) is 25.8 Å². The van der Waals surface area contributed by atoms with Crippen LogP contribution in [-0.2, 0) is 4.74 Å². The Morgan fingerprint density at radius 3 is 2.55 bits per heavy atom. The lowest BCUT2D eigenvalue weighted by atomic mass is 10.0. The third-order valence-corrected chi connectivity index (χ3v) is 3.11. The second-order valence-electron chi connectivity index (χ2n) is 5.42. The summed E-state index contributed by atoms with van der Waals surface area (Å²) in [5.41, 5.74) is 2.43. The van der Waals surface area contributed by atoms with Gasteiger partial charge in [0, 0.05) is 20.5 Å². The molecule has 0 aliphatic carbocycles. The predicted octanol–water partition coefficient (Wildman–Crippen LogP) is 3.73. The fraction of sp³-hybridized carbons (Fsp3) is 0.500. The molecule has 4 nitrogen and oxygen atoms in total. The maximum atomic E-state index is 12.8. The summed E-state index contributed by atoms with van der Waals surface area (Å²) in [6, 6.07) is 3.36. The fourth-order valence-electron chi connectivity index (χ4n) is 1.67. The number of ether oxygens (including phenoxy) is 1. The van der Waals surface area contributed by atoms with Crippen molar-refractivity contribution in [1.29, 1.82) is 0 Å². The van der Waals surface area contributed by atoms with Crippen LogP contribution >= 0.6 is 0 Å². The van der Waals surface area contributed by atoms with Gasteiger partial charge in [-0.3, -0.25) is 0 Å². The highest BCUT2D eigenvalue weighted by Gasteiger charge is 2.24. The van der Waals surface area contributed by atoms with Crippen LogP contribution in [0.25, 0.3) is 0 Å². The first-order valence-corrected chi connectivity index (χ1v) is 7.04. The summed E-state index contributed by atoms with van der Waals surface area (Å²) < 4.78 is 30.2. The molecule has 1 aromatic carbocycles. The van der Waals surface area contributed by atoms with Crippen LogP contribution in [0.4, 0.5) is 14.5 Å². The number of aryl methyl sites for hydroxylation is 2. The Morgan fingerprint density at radius 2 is 2.00 bits per heavy atom. The molecule has 0 aliphatic heterocycles. The Morgan fingerprint density at radius 1 is 1.36 bits per heavy atom. The van der Waals surface area contributed by atoms with E-state index >= 15 is 0 Å². The molecule has 122 valence electrons. The van der Waals surface area contributed by atoms with E-state index in [4.69, 9.17) is 0 Å². The van der Waals surface area contributed by atoms with Crippen molar-refractivity contribution in [2.75, 3.05) is 20.2 Å². The standard InChI is InChI=1S/C16H22F2N2O2/c1-6-20(5)10-19-14-8-11(2)13(7-12(14)3)15(21)22-9-16(4,17)18/h7-8,10H,6,9H2,1-5H3. The van der Waals surface area contributed by atoms with Gasteiger partial charge in [0.2, 0.25) is 0 Å². The van der Waals surface area contributed by atoms with E-state index in [0.29, 0.717) is 12.5 Å². The van der Waals surface area contributed by atoms with Crippen molar-refractivity contribution in [2.45, 2.75) is 33.6 Å². The van der Waals surface area contributed by atoms with Crippen LogP contribution in [0.1, 0.15) is 35.3 Å². The van der Waals surface area contributed by atoms with Crippen LogP contribution in [0.3, 0.4) is 0 Å². The maximum Gasteiger partial charge on any atom is 0.338 e. The van der Waals surface area contributed by atoms with Crippen molar-refractivity contribution in [3.63, 3.8) is 0 Å². The van der Waals surface area contributed by atoms with Gasteiger partial charge in [0.25, 0.3) is 5.92 Å². The SMILES string of the molecule is CCN(C)C=Nc1cc(C)c(C(=O)OCC(C)(F)F)cc1C. The van der Waals surface area contributed by atoms with Crippen molar-refractivity contribution in [2.24, 2.45) is 4.99 Å². The van der Waals surface area contributed by atoms with Crippen molar-refractivity contribution >= 4 is 18.0 Å². The second-order valence-corrected chi connectivity index (χ2v) is 5.42. The zero-order valence-electron chi connectivity index (χ0n) is 13.6. The largest absolute Gasteiger partial charge is 0.456 e. The Balaban J connectivity index is 2.94. The molecule has 0 aromatic heterocycles. The van der Waals surface area contributed by atoms with Crippen LogP contribution < -0.4 is 0 Å². The molecule has 22 heavy (non-hydrogen) atoms. The second kappa shape index (κ2) is 7.33. The summed E-state index contributed by atoms with van der Waals surface area (Å²) in [5.74, 6) is -3.78. The van der Waals surface area contributed by atoms with Gasteiger partial charge in [-0.15, -0.1) is 0 Å². The summed E-state index contributed by atoms with van der Waals surface area (Å²) in [5, 5.41) is 0. The average Bonchev–Trinajstić information content (AvgIpc) is 2.44. The van der Waals surface area contributed by atoms with Crippen LogP contribution in [0.2, 0.25) is 0 Å². The van der Waals surface area contributed by atoms with Gasteiger partial charge in [-0.1, -0.05) is 0 Å². The zero-order valence-corrected chi connectivity index (χ0v) is 13.6. The lowest BCUT2D eigenvalue weighted by Gasteiger charge is -2.13. The van der Waals surface area contributed by atoms with Crippen molar-refractivity contribution in [1.82, 2.24) is 4.90 Å². The Hall–Kier alpha value is -1.98. The van der Waals surface area contributed by atoms with Gasteiger partial charge in [-0.2, -0.15) is 0 Å². The number of halogens is 2. The molecule has 0 saturated carbocycles. The highest BCUT2D eigenvalue weighted by molar-refractivity contribution is 5.92. The molecule has 0 atom stereocenters. The Bertz CT molecular complexity index is 566. The number of nitrogens with zero attached hydrogens (tertiary/aromatic N) is 2. The molecule has 0 fully saturated rings. The molecule has 0 bridgehead atoms. The van der Waals surface area contributed by atoms with Crippen LogP contribution in [0.15, 0.2) is 17.1 Å². The molecule has 6 heteroatoms. The quantitative estimate of drug-likeness (QED) is 0.457. The number of aliphatic imine (C=N–C) groups is 1. The molecular formula is C16H22F2N2O2. The van der Waals surface area contributed by atoms with Crippen molar-refractivity contribution in [3.8, 4) is 0 Å². The van der Waals surface area contributed by atoms with Gasteiger partial charge >= 0.3 is 5.97 Å². The number of rotatable bonds is 6. The fourth-order valence-corrected chi connectivity index (χ4v) is 1.67. The first-order valence-electron chi connectivity index (χ1n) is 7.04. The molecule has 0 unspecified atom stereocenters. The average molecular weight is 312 g/mol. The molecule has 0 saturated heterocycles. The topological polar surface area (TPSA) is 41.9 Å². The van der Waals surface area contributed by atoms with Gasteiger partial charge in [0.05, 0.1) is 17.6 Å². The maximum absolute atomic E-state index is 12.8. The van der Waals surface area contributed by atoms with Gasteiger partial charge in [-0.05, 0) is 44.0 Å². The molecule has 0 aliphatic rings. The van der Waals surface area contributed by atoms with Crippen molar-refractivity contribution in [3.05, 3.63) is 28.8 Å². The predicted molar refractivity (Wildman–Crippen MR) is 83.3 cm³/mol. The molecule has 1 aromatic rings. The molecule has 0 N–H and O–H groups in total. The smallest absolute Gasteiger partial charge is 0.338 e. The van der Waals surface area contributed by atoms with E-state index < -0.39 is 18.5 Å².